The van der Waals surface area contributed by atoms with E-state index in [4.69, 9.17) is 23.2 Å². The van der Waals surface area contributed by atoms with Crippen LogP contribution in [0, 0.1) is 0 Å². The minimum absolute atomic E-state index is 0.277. The maximum absolute atomic E-state index is 11.8. The Morgan fingerprint density at radius 3 is 2.57 bits per heavy atom. The molecule has 0 aliphatic carbocycles. The summed E-state index contributed by atoms with van der Waals surface area (Å²) in [5, 5.41) is 6.36. The van der Waals surface area contributed by atoms with Crippen LogP contribution in [0.25, 0.3) is 0 Å². The molecule has 0 atom stereocenters. The van der Waals surface area contributed by atoms with Crippen molar-refractivity contribution in [2.24, 2.45) is 0 Å². The van der Waals surface area contributed by atoms with E-state index in [0.717, 1.165) is 16.5 Å². The molecular formula is C15H13BrCl2N2O. The molecule has 21 heavy (non-hydrogen) atoms. The van der Waals surface area contributed by atoms with Crippen LogP contribution in [0.5, 0.6) is 0 Å². The van der Waals surface area contributed by atoms with Gasteiger partial charge in [-0.2, -0.15) is 0 Å². The van der Waals surface area contributed by atoms with Gasteiger partial charge < -0.3 is 10.6 Å². The van der Waals surface area contributed by atoms with Crippen molar-refractivity contribution >= 4 is 50.9 Å². The Morgan fingerprint density at radius 2 is 1.86 bits per heavy atom. The third-order valence-electron chi connectivity index (χ3n) is 2.82. The predicted octanol–water partition coefficient (Wildman–Crippen LogP) is 5.12. The van der Waals surface area contributed by atoms with Crippen LogP contribution in [0.1, 0.15) is 5.56 Å². The van der Waals surface area contributed by atoms with Gasteiger partial charge >= 0.3 is 6.03 Å². The quantitative estimate of drug-likeness (QED) is 0.750. The first-order valence-corrected chi connectivity index (χ1v) is 7.84. The Kier molecular flexibility index (Phi) is 5.91. The Morgan fingerprint density at radius 1 is 1.10 bits per heavy atom. The number of hydrogen-bond donors (Lipinski definition) is 2. The fourth-order valence-electron chi connectivity index (χ4n) is 1.76. The molecule has 0 saturated heterocycles. The normalized spacial score (nSPS) is 10.2. The molecule has 2 N–H and O–H groups in total. The average molecular weight is 388 g/mol. The molecule has 0 spiro atoms. The predicted molar refractivity (Wildman–Crippen MR) is 91.3 cm³/mol. The van der Waals surface area contributed by atoms with Crippen LogP contribution in [0.2, 0.25) is 10.0 Å². The molecule has 3 nitrogen and oxygen atoms in total. The fraction of sp³-hybridized carbons (Fsp3) is 0.133. The number of benzene rings is 2. The monoisotopic (exact) mass is 386 g/mol. The molecule has 0 aliphatic heterocycles. The molecule has 110 valence electrons. The van der Waals surface area contributed by atoms with E-state index in [1.165, 1.54) is 0 Å². The van der Waals surface area contributed by atoms with E-state index in [2.05, 4.69) is 26.6 Å². The van der Waals surface area contributed by atoms with Gasteiger partial charge in [-0.25, -0.2) is 4.79 Å². The lowest BCUT2D eigenvalue weighted by Gasteiger charge is -2.09. The molecule has 0 saturated carbocycles. The lowest BCUT2D eigenvalue weighted by Crippen LogP contribution is -2.30. The lowest BCUT2D eigenvalue weighted by atomic mass is 10.1. The fourth-order valence-corrected chi connectivity index (χ4v) is 2.54. The lowest BCUT2D eigenvalue weighted by molar-refractivity contribution is 0.252. The van der Waals surface area contributed by atoms with Crippen molar-refractivity contribution in [1.82, 2.24) is 5.32 Å². The number of rotatable bonds is 4. The zero-order valence-electron chi connectivity index (χ0n) is 11.0. The number of urea groups is 1. The van der Waals surface area contributed by atoms with Gasteiger partial charge in [0.05, 0.1) is 10.0 Å². The van der Waals surface area contributed by atoms with E-state index in [0.29, 0.717) is 22.3 Å². The highest BCUT2D eigenvalue weighted by molar-refractivity contribution is 9.10. The Hall–Kier alpha value is -1.23. The summed E-state index contributed by atoms with van der Waals surface area (Å²) in [5.41, 5.74) is 1.75. The molecule has 6 heteroatoms. The third kappa shape index (κ3) is 4.92. The van der Waals surface area contributed by atoms with Crippen LogP contribution in [-0.2, 0) is 6.42 Å². The second kappa shape index (κ2) is 7.69. The standard InChI is InChI=1S/C15H13BrCl2N2O/c16-12-4-2-1-3-10(12)7-8-19-15(21)20-11-5-6-13(17)14(18)9-11/h1-6,9H,7-8H2,(H2,19,20,21). The van der Waals surface area contributed by atoms with Gasteiger partial charge in [0.15, 0.2) is 0 Å². The van der Waals surface area contributed by atoms with Crippen LogP contribution < -0.4 is 10.6 Å². The molecule has 2 aromatic rings. The molecule has 0 aliphatic rings. The van der Waals surface area contributed by atoms with Crippen molar-refractivity contribution in [3.63, 3.8) is 0 Å². The van der Waals surface area contributed by atoms with Crippen LogP contribution in [0.4, 0.5) is 10.5 Å². The van der Waals surface area contributed by atoms with Gasteiger partial charge in [-0.3, -0.25) is 0 Å². The van der Waals surface area contributed by atoms with Gasteiger partial charge in [-0.15, -0.1) is 0 Å². The summed E-state index contributed by atoms with van der Waals surface area (Å²) in [6.07, 6.45) is 0.746. The Labute approximate surface area is 141 Å². The highest BCUT2D eigenvalue weighted by Crippen LogP contribution is 2.24. The zero-order chi connectivity index (χ0) is 15.2. The molecule has 2 rings (SSSR count). The number of halogens is 3. The molecule has 0 bridgehead atoms. The van der Waals surface area contributed by atoms with Gasteiger partial charge in [-0.1, -0.05) is 57.3 Å². The number of hydrogen-bond acceptors (Lipinski definition) is 1. The smallest absolute Gasteiger partial charge is 0.319 e. The van der Waals surface area contributed by atoms with Crippen molar-refractivity contribution in [3.8, 4) is 0 Å². The second-order valence-electron chi connectivity index (χ2n) is 4.35. The van der Waals surface area contributed by atoms with E-state index in [-0.39, 0.29) is 6.03 Å². The van der Waals surface area contributed by atoms with E-state index in [1.54, 1.807) is 18.2 Å². The van der Waals surface area contributed by atoms with Crippen molar-refractivity contribution < 1.29 is 4.79 Å². The first kappa shape index (κ1) is 16.1. The highest BCUT2D eigenvalue weighted by Gasteiger charge is 2.04. The van der Waals surface area contributed by atoms with Crippen molar-refractivity contribution in [3.05, 3.63) is 62.5 Å². The highest BCUT2D eigenvalue weighted by atomic mass is 79.9. The summed E-state index contributed by atoms with van der Waals surface area (Å²) in [6.45, 7) is 0.537. The van der Waals surface area contributed by atoms with Crippen molar-refractivity contribution in [1.29, 1.82) is 0 Å². The second-order valence-corrected chi connectivity index (χ2v) is 6.02. The van der Waals surface area contributed by atoms with E-state index in [9.17, 15) is 4.79 Å². The number of carbonyl (C=O) groups excluding carboxylic acids is 1. The molecule has 0 radical (unpaired) electrons. The SMILES string of the molecule is O=C(NCCc1ccccc1Br)Nc1ccc(Cl)c(Cl)c1. The van der Waals surface area contributed by atoms with Gasteiger partial charge in [0.1, 0.15) is 0 Å². The van der Waals surface area contributed by atoms with Gasteiger partial charge in [-0.05, 0) is 36.2 Å². The van der Waals surface area contributed by atoms with E-state index < -0.39 is 0 Å². The number of amides is 2. The van der Waals surface area contributed by atoms with Crippen molar-refractivity contribution in [2.75, 3.05) is 11.9 Å². The van der Waals surface area contributed by atoms with Gasteiger partial charge in [0, 0.05) is 16.7 Å². The summed E-state index contributed by atoms with van der Waals surface area (Å²) in [7, 11) is 0. The molecule has 0 aromatic heterocycles. The van der Waals surface area contributed by atoms with Gasteiger partial charge in [0.2, 0.25) is 0 Å². The molecule has 0 fully saturated rings. The topological polar surface area (TPSA) is 41.1 Å². The number of anilines is 1. The summed E-state index contributed by atoms with van der Waals surface area (Å²) in [5.74, 6) is 0. The van der Waals surface area contributed by atoms with Crippen LogP contribution in [0.3, 0.4) is 0 Å². The summed E-state index contributed by atoms with van der Waals surface area (Å²) < 4.78 is 1.04. The number of carbonyl (C=O) groups is 1. The van der Waals surface area contributed by atoms with Crippen LogP contribution in [-0.4, -0.2) is 12.6 Å². The number of nitrogens with one attached hydrogen (secondary N) is 2. The van der Waals surface area contributed by atoms with E-state index >= 15 is 0 Å². The first-order valence-electron chi connectivity index (χ1n) is 6.29. The minimum Gasteiger partial charge on any atom is -0.338 e. The van der Waals surface area contributed by atoms with Crippen LogP contribution in [0.15, 0.2) is 46.9 Å². The van der Waals surface area contributed by atoms with Crippen molar-refractivity contribution in [2.45, 2.75) is 6.42 Å². The maximum atomic E-state index is 11.8. The first-order chi connectivity index (χ1) is 10.1. The van der Waals surface area contributed by atoms with E-state index in [1.807, 2.05) is 24.3 Å². The average Bonchev–Trinajstić information content (AvgIpc) is 2.45. The zero-order valence-corrected chi connectivity index (χ0v) is 14.1. The summed E-state index contributed by atoms with van der Waals surface area (Å²) in [4.78, 5) is 11.8. The Bertz CT molecular complexity index is 649. The largest absolute Gasteiger partial charge is 0.338 e. The maximum Gasteiger partial charge on any atom is 0.319 e. The molecule has 2 amide bonds. The molecular weight excluding hydrogens is 375 g/mol. The summed E-state index contributed by atoms with van der Waals surface area (Å²) in [6, 6.07) is 12.6. The summed E-state index contributed by atoms with van der Waals surface area (Å²) >= 11 is 15.2. The molecule has 2 aromatic carbocycles. The minimum atomic E-state index is -0.277. The third-order valence-corrected chi connectivity index (χ3v) is 4.33. The molecule has 0 heterocycles. The Balaban J connectivity index is 1.82. The molecule has 0 unspecified atom stereocenters. The van der Waals surface area contributed by atoms with Gasteiger partial charge in [0.25, 0.3) is 0 Å². The van der Waals surface area contributed by atoms with Crippen LogP contribution >= 0.6 is 39.1 Å².